The van der Waals surface area contributed by atoms with E-state index < -0.39 is 5.60 Å². The van der Waals surface area contributed by atoms with Crippen molar-refractivity contribution in [3.63, 3.8) is 0 Å². The largest absolute Gasteiger partial charge is 0.444 e. The predicted molar refractivity (Wildman–Crippen MR) is 92.4 cm³/mol. The van der Waals surface area contributed by atoms with Gasteiger partial charge in [-0.3, -0.25) is 0 Å². The summed E-state index contributed by atoms with van der Waals surface area (Å²) in [5.41, 5.74) is -0.419. The monoisotopic (exact) mass is 322 g/mol. The Morgan fingerprint density at radius 3 is 2.22 bits per heavy atom. The van der Waals surface area contributed by atoms with Gasteiger partial charge in [-0.25, -0.2) is 4.79 Å². The Morgan fingerprint density at radius 1 is 1.04 bits per heavy atom. The summed E-state index contributed by atoms with van der Waals surface area (Å²) in [6, 6.07) is 0.820. The average Bonchev–Trinajstić information content (AvgIpc) is 3.32. The second-order valence-electron chi connectivity index (χ2n) is 8.95. The third-order valence-electron chi connectivity index (χ3n) is 5.49. The zero-order chi connectivity index (χ0) is 16.4. The maximum absolute atomic E-state index is 11.9. The highest BCUT2D eigenvalue weighted by molar-refractivity contribution is 5.68. The van der Waals surface area contributed by atoms with Crippen molar-refractivity contribution in [3.8, 4) is 0 Å². The molecular weight excluding hydrogens is 288 g/mol. The molecule has 3 fully saturated rings. The van der Waals surface area contributed by atoms with Gasteiger partial charge in [0.2, 0.25) is 0 Å². The quantitative estimate of drug-likeness (QED) is 0.781. The van der Waals surface area contributed by atoms with Crippen LogP contribution in [-0.2, 0) is 4.74 Å². The molecule has 0 aromatic heterocycles. The van der Waals surface area contributed by atoms with Crippen molar-refractivity contribution >= 4 is 6.09 Å². The van der Waals surface area contributed by atoms with Crippen LogP contribution in [0.2, 0.25) is 0 Å². The predicted octanol–water partition coefficient (Wildman–Crippen LogP) is 3.85. The highest BCUT2D eigenvalue weighted by Crippen LogP contribution is 2.48. The lowest BCUT2D eigenvalue weighted by atomic mass is 9.90. The zero-order valence-electron chi connectivity index (χ0n) is 15.1. The number of ether oxygens (including phenoxy) is 1. The summed E-state index contributed by atoms with van der Waals surface area (Å²) in [5.74, 6) is 2.94. The van der Waals surface area contributed by atoms with Crippen LogP contribution in [0.25, 0.3) is 0 Å². The van der Waals surface area contributed by atoms with Crippen LogP contribution < -0.4 is 10.6 Å². The van der Waals surface area contributed by atoms with Crippen LogP contribution in [0.1, 0.15) is 72.1 Å². The molecule has 0 aromatic carbocycles. The average molecular weight is 322 g/mol. The first-order valence-electron chi connectivity index (χ1n) is 9.63. The molecule has 0 aromatic rings. The molecule has 0 spiro atoms. The molecule has 0 aliphatic heterocycles. The molecule has 0 heterocycles. The van der Waals surface area contributed by atoms with Gasteiger partial charge in [0, 0.05) is 12.1 Å². The van der Waals surface area contributed by atoms with Gasteiger partial charge in [-0.1, -0.05) is 0 Å². The maximum atomic E-state index is 11.9. The Bertz CT molecular complexity index is 398. The van der Waals surface area contributed by atoms with Crippen LogP contribution in [-0.4, -0.2) is 30.3 Å². The lowest BCUT2D eigenvalue weighted by Crippen LogP contribution is -2.46. The summed E-state index contributed by atoms with van der Waals surface area (Å²) in [5, 5.41) is 6.89. The Balaban J connectivity index is 1.40. The van der Waals surface area contributed by atoms with Gasteiger partial charge in [0.25, 0.3) is 0 Å². The number of hydrogen-bond acceptors (Lipinski definition) is 3. The summed E-state index contributed by atoms with van der Waals surface area (Å²) in [6.07, 6.45) is 10.1. The van der Waals surface area contributed by atoms with E-state index in [2.05, 4.69) is 10.6 Å². The fourth-order valence-electron chi connectivity index (χ4n) is 4.05. The van der Waals surface area contributed by atoms with E-state index in [0.29, 0.717) is 6.04 Å². The third-order valence-corrected chi connectivity index (χ3v) is 5.49. The summed E-state index contributed by atoms with van der Waals surface area (Å²) < 4.78 is 5.38. The minimum atomic E-state index is -0.419. The number of nitrogens with one attached hydrogen (secondary N) is 2. The van der Waals surface area contributed by atoms with Gasteiger partial charge < -0.3 is 15.4 Å². The molecule has 23 heavy (non-hydrogen) atoms. The van der Waals surface area contributed by atoms with E-state index in [9.17, 15) is 4.79 Å². The van der Waals surface area contributed by atoms with Crippen molar-refractivity contribution in [3.05, 3.63) is 0 Å². The fraction of sp³-hybridized carbons (Fsp3) is 0.947. The molecule has 132 valence electrons. The molecule has 0 bridgehead atoms. The van der Waals surface area contributed by atoms with Crippen LogP contribution in [0.15, 0.2) is 0 Å². The summed E-state index contributed by atoms with van der Waals surface area (Å²) in [7, 11) is 0. The number of hydrogen-bond donors (Lipinski definition) is 2. The highest BCUT2D eigenvalue weighted by atomic mass is 16.6. The first-order valence-corrected chi connectivity index (χ1v) is 9.63. The van der Waals surface area contributed by atoms with Crippen LogP contribution in [0.3, 0.4) is 0 Å². The van der Waals surface area contributed by atoms with E-state index in [1.807, 2.05) is 20.8 Å². The maximum Gasteiger partial charge on any atom is 0.407 e. The minimum absolute atomic E-state index is 0.261. The van der Waals surface area contributed by atoms with Crippen LogP contribution in [0.4, 0.5) is 4.79 Å². The first kappa shape index (κ1) is 17.1. The number of amides is 1. The van der Waals surface area contributed by atoms with Crippen molar-refractivity contribution in [1.29, 1.82) is 0 Å². The van der Waals surface area contributed by atoms with Gasteiger partial charge in [0.15, 0.2) is 0 Å². The molecule has 0 saturated heterocycles. The molecule has 3 rings (SSSR count). The molecule has 3 aliphatic rings. The van der Waals surface area contributed by atoms with Crippen molar-refractivity contribution in [2.75, 3.05) is 6.54 Å². The fourth-order valence-corrected chi connectivity index (χ4v) is 4.05. The van der Waals surface area contributed by atoms with Crippen molar-refractivity contribution in [2.45, 2.75) is 89.8 Å². The summed E-state index contributed by atoms with van der Waals surface area (Å²) >= 11 is 0. The Kier molecular flexibility index (Phi) is 5.19. The second-order valence-corrected chi connectivity index (χ2v) is 8.95. The molecule has 4 nitrogen and oxygen atoms in total. The molecule has 3 saturated carbocycles. The van der Waals surface area contributed by atoms with Gasteiger partial charge in [0.1, 0.15) is 5.60 Å². The molecule has 2 unspecified atom stereocenters. The van der Waals surface area contributed by atoms with E-state index >= 15 is 0 Å². The van der Waals surface area contributed by atoms with E-state index in [0.717, 1.165) is 30.6 Å². The van der Waals surface area contributed by atoms with Gasteiger partial charge in [-0.05, 0) is 96.4 Å². The third kappa shape index (κ3) is 5.66. The molecule has 0 radical (unpaired) electrons. The SMILES string of the molecule is CC(C)(C)OC(=O)NC1CCCC(NCC(C2CC2)C2CC2)C1. The highest BCUT2D eigenvalue weighted by Gasteiger charge is 2.41. The second kappa shape index (κ2) is 7.00. The number of carbonyl (C=O) groups excluding carboxylic acids is 1. The van der Waals surface area contributed by atoms with Crippen LogP contribution in [0.5, 0.6) is 0 Å². The van der Waals surface area contributed by atoms with Crippen LogP contribution >= 0.6 is 0 Å². The summed E-state index contributed by atoms with van der Waals surface area (Å²) in [6.45, 7) is 6.92. The van der Waals surface area contributed by atoms with E-state index in [4.69, 9.17) is 4.74 Å². The van der Waals surface area contributed by atoms with Gasteiger partial charge in [0.05, 0.1) is 0 Å². The standard InChI is InChI=1S/C19H34N2O2/c1-19(2,3)23-18(22)21-16-6-4-5-15(11-16)20-12-17(13-7-8-13)14-9-10-14/h13-17,20H,4-12H2,1-3H3,(H,21,22). The molecule has 3 aliphatic carbocycles. The van der Waals surface area contributed by atoms with E-state index in [1.54, 1.807) is 0 Å². The normalized spacial score (nSPS) is 28.7. The molecular formula is C19H34N2O2. The van der Waals surface area contributed by atoms with Crippen molar-refractivity contribution in [2.24, 2.45) is 17.8 Å². The molecule has 4 heteroatoms. The topological polar surface area (TPSA) is 50.4 Å². The van der Waals surface area contributed by atoms with Crippen molar-refractivity contribution in [1.82, 2.24) is 10.6 Å². The smallest absolute Gasteiger partial charge is 0.407 e. The lowest BCUT2D eigenvalue weighted by Gasteiger charge is -2.32. The molecule has 2 atom stereocenters. The summed E-state index contributed by atoms with van der Waals surface area (Å²) in [4.78, 5) is 11.9. The van der Waals surface area contributed by atoms with Gasteiger partial charge in [-0.15, -0.1) is 0 Å². The minimum Gasteiger partial charge on any atom is -0.444 e. The lowest BCUT2D eigenvalue weighted by molar-refractivity contribution is 0.0488. The van der Waals surface area contributed by atoms with Crippen molar-refractivity contribution < 1.29 is 9.53 Å². The molecule has 1 amide bonds. The first-order chi connectivity index (χ1) is 10.9. The zero-order valence-corrected chi connectivity index (χ0v) is 15.1. The van der Waals surface area contributed by atoms with E-state index in [-0.39, 0.29) is 12.1 Å². The Morgan fingerprint density at radius 2 is 1.65 bits per heavy atom. The van der Waals surface area contributed by atoms with Crippen LogP contribution in [0, 0.1) is 17.8 Å². The number of carbonyl (C=O) groups is 1. The Labute approximate surface area is 141 Å². The number of alkyl carbamates (subject to hydrolysis) is 1. The Hall–Kier alpha value is -0.770. The van der Waals surface area contributed by atoms with Gasteiger partial charge in [-0.2, -0.15) is 0 Å². The molecule has 2 N–H and O–H groups in total. The number of rotatable bonds is 6. The van der Waals surface area contributed by atoms with Gasteiger partial charge >= 0.3 is 6.09 Å². The van der Waals surface area contributed by atoms with E-state index in [1.165, 1.54) is 45.1 Å².